The van der Waals surface area contributed by atoms with Crippen molar-refractivity contribution in [3.8, 4) is 0 Å². The van der Waals surface area contributed by atoms with Gasteiger partial charge in [0.15, 0.2) is 0 Å². The standard InChI is InChI=1S/C18H30N2/c1-5-9-14(3)20(4)17-13-15-10-7-8-11-16(15)18(17)19-12-6-2/h7-8,10-11,14,17-19H,5-6,9,12-13H2,1-4H3. The van der Waals surface area contributed by atoms with Gasteiger partial charge in [-0.15, -0.1) is 0 Å². The topological polar surface area (TPSA) is 15.3 Å². The molecule has 0 saturated carbocycles. The summed E-state index contributed by atoms with van der Waals surface area (Å²) in [5.41, 5.74) is 3.04. The van der Waals surface area contributed by atoms with Gasteiger partial charge in [-0.3, -0.25) is 4.90 Å². The highest BCUT2D eigenvalue weighted by atomic mass is 15.2. The van der Waals surface area contributed by atoms with Crippen LogP contribution in [0.1, 0.15) is 57.2 Å². The second kappa shape index (κ2) is 7.24. The predicted molar refractivity (Wildman–Crippen MR) is 87.1 cm³/mol. The monoisotopic (exact) mass is 274 g/mol. The van der Waals surface area contributed by atoms with Gasteiger partial charge in [-0.2, -0.15) is 0 Å². The third kappa shape index (κ3) is 3.24. The average Bonchev–Trinajstić information content (AvgIpc) is 2.83. The molecule has 20 heavy (non-hydrogen) atoms. The minimum absolute atomic E-state index is 0.496. The van der Waals surface area contributed by atoms with E-state index in [0.29, 0.717) is 18.1 Å². The molecule has 112 valence electrons. The smallest absolute Gasteiger partial charge is 0.0484 e. The minimum Gasteiger partial charge on any atom is -0.309 e. The summed E-state index contributed by atoms with van der Waals surface area (Å²) in [5, 5.41) is 3.77. The lowest BCUT2D eigenvalue weighted by atomic mass is 10.0. The van der Waals surface area contributed by atoms with E-state index in [1.54, 1.807) is 0 Å². The van der Waals surface area contributed by atoms with Crippen LogP contribution in [0.15, 0.2) is 24.3 Å². The predicted octanol–water partition coefficient (Wildman–Crippen LogP) is 3.77. The molecule has 2 nitrogen and oxygen atoms in total. The molecule has 1 N–H and O–H groups in total. The number of fused-ring (bicyclic) bond motifs is 1. The molecule has 2 rings (SSSR count). The van der Waals surface area contributed by atoms with Crippen molar-refractivity contribution >= 4 is 0 Å². The fraction of sp³-hybridized carbons (Fsp3) is 0.667. The quantitative estimate of drug-likeness (QED) is 0.814. The SMILES string of the molecule is CCCNC1c2ccccc2CC1N(C)C(C)CCC. The number of hydrogen-bond donors (Lipinski definition) is 1. The largest absolute Gasteiger partial charge is 0.309 e. The lowest BCUT2D eigenvalue weighted by Crippen LogP contribution is -2.45. The van der Waals surface area contributed by atoms with Crippen molar-refractivity contribution in [2.24, 2.45) is 0 Å². The van der Waals surface area contributed by atoms with Gasteiger partial charge in [0.25, 0.3) is 0 Å². The van der Waals surface area contributed by atoms with E-state index in [9.17, 15) is 0 Å². The highest BCUT2D eigenvalue weighted by Gasteiger charge is 2.35. The van der Waals surface area contributed by atoms with Crippen LogP contribution in [0.4, 0.5) is 0 Å². The van der Waals surface area contributed by atoms with Gasteiger partial charge < -0.3 is 5.32 Å². The van der Waals surface area contributed by atoms with Crippen LogP contribution in [0.3, 0.4) is 0 Å². The van der Waals surface area contributed by atoms with Crippen molar-refractivity contribution in [3.05, 3.63) is 35.4 Å². The summed E-state index contributed by atoms with van der Waals surface area (Å²) in [4.78, 5) is 2.59. The Morgan fingerprint density at radius 3 is 2.70 bits per heavy atom. The highest BCUT2D eigenvalue weighted by Crippen LogP contribution is 2.35. The van der Waals surface area contributed by atoms with Gasteiger partial charge in [-0.25, -0.2) is 0 Å². The van der Waals surface area contributed by atoms with Crippen LogP contribution in [0.5, 0.6) is 0 Å². The molecule has 0 spiro atoms. The van der Waals surface area contributed by atoms with E-state index in [1.807, 2.05) is 0 Å². The fourth-order valence-electron chi connectivity index (χ4n) is 3.45. The van der Waals surface area contributed by atoms with Gasteiger partial charge in [0.2, 0.25) is 0 Å². The third-order valence-corrected chi connectivity index (χ3v) is 4.74. The maximum absolute atomic E-state index is 3.77. The first-order valence-corrected chi connectivity index (χ1v) is 8.22. The highest BCUT2D eigenvalue weighted by molar-refractivity contribution is 5.37. The molecule has 0 amide bonds. The molecule has 0 heterocycles. The molecule has 3 atom stereocenters. The van der Waals surface area contributed by atoms with Crippen molar-refractivity contribution < 1.29 is 0 Å². The van der Waals surface area contributed by atoms with Gasteiger partial charge in [0.1, 0.15) is 0 Å². The molecule has 1 aliphatic carbocycles. The Balaban J connectivity index is 2.16. The minimum atomic E-state index is 0.496. The van der Waals surface area contributed by atoms with E-state index in [-0.39, 0.29) is 0 Å². The van der Waals surface area contributed by atoms with E-state index in [2.05, 4.69) is 62.3 Å². The Bertz CT molecular complexity index is 416. The number of nitrogens with zero attached hydrogens (tertiary/aromatic N) is 1. The lowest BCUT2D eigenvalue weighted by molar-refractivity contribution is 0.148. The van der Waals surface area contributed by atoms with Crippen LogP contribution in [0.25, 0.3) is 0 Å². The summed E-state index contributed by atoms with van der Waals surface area (Å²) >= 11 is 0. The molecule has 1 aliphatic rings. The van der Waals surface area contributed by atoms with E-state index in [1.165, 1.54) is 36.8 Å². The molecule has 0 saturated heterocycles. The second-order valence-electron chi connectivity index (χ2n) is 6.21. The molecule has 2 heteroatoms. The first kappa shape index (κ1) is 15.5. The third-order valence-electron chi connectivity index (χ3n) is 4.74. The van der Waals surface area contributed by atoms with E-state index >= 15 is 0 Å². The number of nitrogens with one attached hydrogen (secondary N) is 1. The number of benzene rings is 1. The van der Waals surface area contributed by atoms with Crippen molar-refractivity contribution in [2.45, 2.75) is 64.6 Å². The van der Waals surface area contributed by atoms with Crippen molar-refractivity contribution in [1.29, 1.82) is 0 Å². The maximum Gasteiger partial charge on any atom is 0.0484 e. The zero-order valence-corrected chi connectivity index (χ0v) is 13.5. The summed E-state index contributed by atoms with van der Waals surface area (Å²) in [6.07, 6.45) is 4.92. The molecule has 3 unspecified atom stereocenters. The Hall–Kier alpha value is -0.860. The number of hydrogen-bond acceptors (Lipinski definition) is 2. The van der Waals surface area contributed by atoms with Crippen LogP contribution in [0, 0.1) is 0 Å². The maximum atomic E-state index is 3.77. The van der Waals surface area contributed by atoms with Crippen LogP contribution < -0.4 is 5.32 Å². The van der Waals surface area contributed by atoms with E-state index < -0.39 is 0 Å². The molecule has 0 radical (unpaired) electrons. The van der Waals surface area contributed by atoms with Gasteiger partial charge >= 0.3 is 0 Å². The van der Waals surface area contributed by atoms with Crippen molar-refractivity contribution in [3.63, 3.8) is 0 Å². The molecule has 0 aliphatic heterocycles. The lowest BCUT2D eigenvalue weighted by Gasteiger charge is -2.35. The molecule has 0 fully saturated rings. The molecule has 1 aromatic carbocycles. The summed E-state index contributed by atoms with van der Waals surface area (Å²) < 4.78 is 0. The van der Waals surface area contributed by atoms with Crippen LogP contribution >= 0.6 is 0 Å². The van der Waals surface area contributed by atoms with Gasteiger partial charge in [0.05, 0.1) is 0 Å². The second-order valence-corrected chi connectivity index (χ2v) is 6.21. The Morgan fingerprint density at radius 1 is 1.25 bits per heavy atom. The zero-order valence-electron chi connectivity index (χ0n) is 13.5. The van der Waals surface area contributed by atoms with E-state index in [0.717, 1.165) is 6.54 Å². The van der Waals surface area contributed by atoms with Crippen LogP contribution in [0.2, 0.25) is 0 Å². The Morgan fingerprint density at radius 2 is 2.00 bits per heavy atom. The van der Waals surface area contributed by atoms with Crippen molar-refractivity contribution in [2.75, 3.05) is 13.6 Å². The van der Waals surface area contributed by atoms with E-state index in [4.69, 9.17) is 0 Å². The average molecular weight is 274 g/mol. The summed E-state index contributed by atoms with van der Waals surface area (Å²) in [6, 6.07) is 10.7. The van der Waals surface area contributed by atoms with Crippen LogP contribution in [-0.2, 0) is 6.42 Å². The summed E-state index contributed by atoms with van der Waals surface area (Å²) in [5.74, 6) is 0. The first-order valence-electron chi connectivity index (χ1n) is 8.22. The van der Waals surface area contributed by atoms with Gasteiger partial charge in [0, 0.05) is 18.1 Å². The molecular formula is C18H30N2. The normalized spacial score (nSPS) is 23.1. The molecule has 1 aromatic rings. The fourth-order valence-corrected chi connectivity index (χ4v) is 3.45. The Labute approximate surface area is 124 Å². The Kier molecular flexibility index (Phi) is 5.62. The van der Waals surface area contributed by atoms with Crippen LogP contribution in [-0.4, -0.2) is 30.6 Å². The molecule has 0 aromatic heterocycles. The zero-order chi connectivity index (χ0) is 14.5. The van der Waals surface area contributed by atoms with Gasteiger partial charge in [-0.05, 0) is 50.9 Å². The first-order chi connectivity index (χ1) is 9.69. The van der Waals surface area contributed by atoms with Gasteiger partial charge in [-0.1, -0.05) is 44.5 Å². The number of rotatable bonds is 7. The summed E-state index contributed by atoms with van der Waals surface area (Å²) in [7, 11) is 2.30. The molecular weight excluding hydrogens is 244 g/mol. The van der Waals surface area contributed by atoms with Crippen molar-refractivity contribution in [1.82, 2.24) is 10.2 Å². The number of likely N-dealkylation sites (N-methyl/N-ethyl adjacent to an activating group) is 1. The molecule has 0 bridgehead atoms. The summed E-state index contributed by atoms with van der Waals surface area (Å²) in [6.45, 7) is 7.99.